The van der Waals surface area contributed by atoms with E-state index in [0.717, 1.165) is 5.92 Å². The molecule has 1 unspecified atom stereocenters. The summed E-state index contributed by atoms with van der Waals surface area (Å²) >= 11 is 0. The second-order valence-electron chi connectivity index (χ2n) is 7.94. The van der Waals surface area contributed by atoms with Crippen LogP contribution in [-0.2, 0) is 9.53 Å². The summed E-state index contributed by atoms with van der Waals surface area (Å²) in [6, 6.07) is -0.884. The van der Waals surface area contributed by atoms with Crippen LogP contribution in [0.2, 0.25) is 0 Å². The summed E-state index contributed by atoms with van der Waals surface area (Å²) in [6.07, 6.45) is 4.05. The molecule has 0 aliphatic heterocycles. The average molecular weight is 315 g/mol. The molecular weight excluding hydrogens is 282 g/mol. The molecular formula is C17H33NO4. The smallest absolute Gasteiger partial charge is 0.408 e. The first-order chi connectivity index (χ1) is 9.86. The summed E-state index contributed by atoms with van der Waals surface area (Å²) in [5.41, 5.74) is -0.0148. The quantitative estimate of drug-likeness (QED) is 0.818. The zero-order valence-corrected chi connectivity index (χ0v) is 15.2. The van der Waals surface area contributed by atoms with Crippen molar-refractivity contribution in [2.45, 2.75) is 85.8 Å². The predicted molar refractivity (Wildman–Crippen MR) is 87.9 cm³/mol. The van der Waals surface area contributed by atoms with Crippen molar-refractivity contribution in [1.82, 2.24) is 5.32 Å². The van der Waals surface area contributed by atoms with Crippen LogP contribution in [0, 0.1) is 11.3 Å². The molecule has 1 aliphatic carbocycles. The normalized spacial score (nSPS) is 16.7. The number of ether oxygens (including phenoxy) is 1. The molecule has 1 rings (SSSR count). The van der Waals surface area contributed by atoms with Crippen LogP contribution in [-0.4, -0.2) is 28.8 Å². The molecule has 5 heteroatoms. The van der Waals surface area contributed by atoms with E-state index in [-0.39, 0.29) is 0 Å². The minimum atomic E-state index is -1.06. The summed E-state index contributed by atoms with van der Waals surface area (Å²) in [5.74, 6) is -0.0270. The van der Waals surface area contributed by atoms with Crippen molar-refractivity contribution in [3.05, 3.63) is 0 Å². The van der Waals surface area contributed by atoms with Crippen LogP contribution in [0.5, 0.6) is 0 Å². The third kappa shape index (κ3) is 8.90. The highest BCUT2D eigenvalue weighted by Gasteiger charge is 2.29. The average Bonchev–Trinajstić information content (AvgIpc) is 2.18. The highest BCUT2D eigenvalue weighted by atomic mass is 16.6. The lowest BCUT2D eigenvalue weighted by atomic mass is 9.69. The van der Waals surface area contributed by atoms with Gasteiger partial charge in [0.1, 0.15) is 11.6 Å². The zero-order chi connectivity index (χ0) is 17.6. The lowest BCUT2D eigenvalue weighted by Crippen LogP contribution is -2.43. The largest absolute Gasteiger partial charge is 0.480 e. The number of carbonyl (C=O) groups excluding carboxylic acids is 1. The van der Waals surface area contributed by atoms with Gasteiger partial charge in [0.15, 0.2) is 0 Å². The Labute approximate surface area is 134 Å². The van der Waals surface area contributed by atoms with Crippen molar-refractivity contribution < 1.29 is 19.4 Å². The van der Waals surface area contributed by atoms with Gasteiger partial charge in [-0.2, -0.15) is 0 Å². The van der Waals surface area contributed by atoms with Crippen LogP contribution < -0.4 is 5.32 Å². The van der Waals surface area contributed by atoms with Gasteiger partial charge in [-0.3, -0.25) is 0 Å². The maximum atomic E-state index is 11.1. The zero-order valence-electron chi connectivity index (χ0n) is 15.2. The van der Waals surface area contributed by atoms with Crippen LogP contribution in [0.3, 0.4) is 0 Å². The molecule has 0 spiro atoms. The van der Waals surface area contributed by atoms with Crippen molar-refractivity contribution in [3.63, 3.8) is 0 Å². The molecule has 5 nitrogen and oxygen atoms in total. The summed E-state index contributed by atoms with van der Waals surface area (Å²) in [4.78, 5) is 21.7. The number of carboxylic acid groups (broad SMARTS) is 1. The second kappa shape index (κ2) is 8.39. The first-order valence-electron chi connectivity index (χ1n) is 8.09. The van der Waals surface area contributed by atoms with Crippen molar-refractivity contribution >= 4 is 12.1 Å². The van der Waals surface area contributed by atoms with E-state index < -0.39 is 23.7 Å². The van der Waals surface area contributed by atoms with Gasteiger partial charge in [-0.15, -0.1) is 0 Å². The minimum absolute atomic E-state index is 0.328. The van der Waals surface area contributed by atoms with Gasteiger partial charge < -0.3 is 15.2 Å². The molecule has 1 saturated carbocycles. The summed E-state index contributed by atoms with van der Waals surface area (Å²) < 4.78 is 4.91. The molecule has 1 amide bonds. The topological polar surface area (TPSA) is 75.6 Å². The second-order valence-corrected chi connectivity index (χ2v) is 7.94. The molecule has 0 aromatic heterocycles. The minimum Gasteiger partial charge on any atom is -0.480 e. The standard InChI is InChI=1S/C9H17NO4.C8H16/c1-5-6(7(11)12)10-8(13)14-9(2,3)4;1-8(2,3)7-5-4-6-7/h6H,5H2,1-4H3,(H,10,13)(H,11,12);7H,4-6H2,1-3H3. The Morgan fingerprint density at radius 1 is 1.18 bits per heavy atom. The van der Waals surface area contributed by atoms with Gasteiger partial charge in [0.05, 0.1) is 0 Å². The van der Waals surface area contributed by atoms with E-state index in [2.05, 4.69) is 26.1 Å². The first kappa shape index (κ1) is 20.7. The lowest BCUT2D eigenvalue weighted by Gasteiger charge is -2.37. The Balaban J connectivity index is 0.000000461. The van der Waals surface area contributed by atoms with Gasteiger partial charge in [-0.25, -0.2) is 9.59 Å². The third-order valence-corrected chi connectivity index (χ3v) is 3.73. The molecule has 2 N–H and O–H groups in total. The van der Waals surface area contributed by atoms with Crippen LogP contribution in [0.4, 0.5) is 4.79 Å². The summed E-state index contributed by atoms with van der Waals surface area (Å²) in [6.45, 7) is 13.9. The fourth-order valence-electron chi connectivity index (χ4n) is 2.06. The van der Waals surface area contributed by atoms with Gasteiger partial charge in [-0.05, 0) is 51.4 Å². The number of hydrogen-bond donors (Lipinski definition) is 2. The molecule has 130 valence electrons. The van der Waals surface area contributed by atoms with Crippen molar-refractivity contribution in [3.8, 4) is 0 Å². The first-order valence-corrected chi connectivity index (χ1v) is 8.09. The van der Waals surface area contributed by atoms with E-state index in [4.69, 9.17) is 9.84 Å². The number of aliphatic carboxylic acids is 1. The van der Waals surface area contributed by atoms with E-state index in [1.165, 1.54) is 19.3 Å². The number of nitrogens with one attached hydrogen (secondary N) is 1. The lowest BCUT2D eigenvalue weighted by molar-refractivity contribution is -0.139. The summed E-state index contributed by atoms with van der Waals surface area (Å²) in [7, 11) is 0. The van der Waals surface area contributed by atoms with Crippen LogP contribution >= 0.6 is 0 Å². The number of rotatable bonds is 3. The van der Waals surface area contributed by atoms with E-state index in [1.54, 1.807) is 27.7 Å². The summed E-state index contributed by atoms with van der Waals surface area (Å²) in [5, 5.41) is 10.9. The van der Waals surface area contributed by atoms with E-state index in [0.29, 0.717) is 11.8 Å². The monoisotopic (exact) mass is 315 g/mol. The molecule has 0 heterocycles. The highest BCUT2D eigenvalue weighted by molar-refractivity contribution is 5.79. The maximum absolute atomic E-state index is 11.1. The molecule has 0 aromatic carbocycles. The molecule has 0 radical (unpaired) electrons. The van der Waals surface area contributed by atoms with Crippen LogP contribution in [0.25, 0.3) is 0 Å². The van der Waals surface area contributed by atoms with Gasteiger partial charge in [-0.1, -0.05) is 34.1 Å². The fourth-order valence-corrected chi connectivity index (χ4v) is 2.06. The molecule has 0 bridgehead atoms. The molecule has 1 aliphatic rings. The van der Waals surface area contributed by atoms with Gasteiger partial charge in [0, 0.05) is 0 Å². The fraction of sp³-hybridized carbons (Fsp3) is 0.882. The predicted octanol–water partition coefficient (Wildman–Crippen LogP) is 4.21. The molecule has 0 saturated heterocycles. The van der Waals surface area contributed by atoms with Crippen LogP contribution in [0.15, 0.2) is 0 Å². The number of hydrogen-bond acceptors (Lipinski definition) is 3. The molecule has 0 aromatic rings. The number of carboxylic acids is 1. The van der Waals surface area contributed by atoms with E-state index >= 15 is 0 Å². The van der Waals surface area contributed by atoms with E-state index in [1.807, 2.05) is 0 Å². The number of amides is 1. The molecule has 1 fully saturated rings. The van der Waals surface area contributed by atoms with E-state index in [9.17, 15) is 9.59 Å². The Morgan fingerprint density at radius 2 is 1.68 bits per heavy atom. The van der Waals surface area contributed by atoms with Gasteiger partial charge >= 0.3 is 12.1 Å². The van der Waals surface area contributed by atoms with Crippen molar-refractivity contribution in [2.75, 3.05) is 0 Å². The molecule has 1 atom stereocenters. The number of carbonyl (C=O) groups is 2. The highest BCUT2D eigenvalue weighted by Crippen LogP contribution is 2.40. The number of alkyl carbamates (subject to hydrolysis) is 1. The Kier molecular flexibility index (Phi) is 7.91. The third-order valence-electron chi connectivity index (χ3n) is 3.73. The van der Waals surface area contributed by atoms with Crippen LogP contribution in [0.1, 0.15) is 74.1 Å². The Morgan fingerprint density at radius 3 is 1.86 bits per heavy atom. The van der Waals surface area contributed by atoms with Gasteiger partial charge in [0.2, 0.25) is 0 Å². The Bertz CT molecular complexity index is 362. The van der Waals surface area contributed by atoms with Crippen molar-refractivity contribution in [2.24, 2.45) is 11.3 Å². The van der Waals surface area contributed by atoms with Gasteiger partial charge in [0.25, 0.3) is 0 Å². The SMILES string of the molecule is CC(C)(C)C1CCC1.CCC(NC(=O)OC(C)(C)C)C(=O)O. The molecule has 22 heavy (non-hydrogen) atoms. The van der Waals surface area contributed by atoms with Crippen molar-refractivity contribution in [1.29, 1.82) is 0 Å². The maximum Gasteiger partial charge on any atom is 0.408 e. The Hall–Kier alpha value is -1.26.